The van der Waals surface area contributed by atoms with Crippen LogP contribution in [0.4, 0.5) is 0 Å². The van der Waals surface area contributed by atoms with E-state index in [1.54, 1.807) is 6.92 Å². The lowest BCUT2D eigenvalue weighted by atomic mass is 9.40. The minimum atomic E-state index is -1.89. The van der Waals surface area contributed by atoms with Crippen molar-refractivity contribution < 1.29 is 49.8 Å². The van der Waals surface area contributed by atoms with E-state index >= 15 is 4.79 Å². The number of fused-ring (bicyclic) bond motifs is 10. The first-order valence-electron chi connectivity index (χ1n) is 28.5. The molecule has 1 aromatic rings. The van der Waals surface area contributed by atoms with Crippen LogP contribution in [0.25, 0.3) is 0 Å². The van der Waals surface area contributed by atoms with Crippen LogP contribution in [0.15, 0.2) is 46.4 Å². The van der Waals surface area contributed by atoms with Crippen LogP contribution in [0, 0.1) is 93.7 Å². The van der Waals surface area contributed by atoms with Crippen molar-refractivity contribution in [3.63, 3.8) is 0 Å². The van der Waals surface area contributed by atoms with Crippen LogP contribution in [-0.2, 0) is 19.1 Å². The van der Waals surface area contributed by atoms with Gasteiger partial charge >= 0.3 is 5.97 Å². The summed E-state index contributed by atoms with van der Waals surface area (Å²) in [4.78, 5) is 50.0. The lowest BCUT2D eigenvalue weighted by molar-refractivity contribution is -0.198. The molecule has 15 heteroatoms. The van der Waals surface area contributed by atoms with Crippen molar-refractivity contribution in [2.24, 2.45) is 98.3 Å². The topological polar surface area (TPSA) is 274 Å². The van der Waals surface area contributed by atoms with Crippen LogP contribution >= 0.6 is 0 Å². The molecule has 19 atom stereocenters. The van der Waals surface area contributed by atoms with Crippen LogP contribution in [0.3, 0.4) is 0 Å². The maximum atomic E-state index is 15.7. The lowest BCUT2D eigenvalue weighted by Crippen LogP contribution is -2.67. The first-order valence-corrected chi connectivity index (χ1v) is 28.5. The maximum Gasteiger partial charge on any atom is 0.313 e. The molecule has 1 saturated heterocycles. The number of nitrogens with zero attached hydrogens (tertiary/aromatic N) is 1. The smallest absolute Gasteiger partial charge is 0.313 e. The molecule has 0 aromatic carbocycles. The number of ether oxygens (including phenoxy) is 1. The fraction of sp³-hybridized carbons (Fsp3) is 0.763. The number of esters is 1. The zero-order valence-electron chi connectivity index (χ0n) is 44.0. The Morgan fingerprint density at radius 2 is 1.76 bits per heavy atom. The average molecular weight is 1020 g/mol. The SMILES string of the molecule is CC(=O)CNC1=C2[C@H](CC[C@]3(CCN=C(N)N)[C@@H]4[C@@H](CC#C[C@H]([C@@H]5COC(=O)[C@@H]5c5cc[nH]c5)C[C@@H]5[C@@H](CC=C6CC[C@H](C)C[C@H]65)[C@H](CO)C[C@@H](O)[C@]4(C)O)C[C@@]23O)[C@@]2(C3CCCCC3)C[C@H](O)[C@H](O)C[C@H]2C1=O. The Morgan fingerprint density at radius 1 is 0.973 bits per heavy atom. The van der Waals surface area contributed by atoms with Crippen LogP contribution in [0.2, 0.25) is 0 Å². The number of aromatic amines is 1. The highest BCUT2D eigenvalue weighted by Gasteiger charge is 2.75. The third-order valence-corrected chi connectivity index (χ3v) is 21.7. The van der Waals surface area contributed by atoms with E-state index in [4.69, 9.17) is 16.2 Å². The number of nitrogens with one attached hydrogen (secondary N) is 2. The van der Waals surface area contributed by atoms with E-state index in [1.807, 2.05) is 18.5 Å². The molecule has 0 radical (unpaired) electrons. The summed E-state index contributed by atoms with van der Waals surface area (Å²) in [5.41, 5.74) is 9.21. The summed E-state index contributed by atoms with van der Waals surface area (Å²) in [5.74, 6) is 3.26. The zero-order valence-corrected chi connectivity index (χ0v) is 44.0. The summed E-state index contributed by atoms with van der Waals surface area (Å²) in [6.45, 7) is 5.33. The summed E-state index contributed by atoms with van der Waals surface area (Å²) < 4.78 is 5.92. The van der Waals surface area contributed by atoms with Gasteiger partial charge < -0.3 is 57.1 Å². The number of aliphatic imine (C=N–C) groups is 1. The number of cyclic esters (lactones) is 1. The number of aliphatic hydroxyl groups excluding tert-OH is 4. The second-order valence-corrected chi connectivity index (χ2v) is 25.4. The molecular weight excluding hydrogens is 939 g/mol. The van der Waals surface area contributed by atoms with E-state index in [9.17, 15) is 40.2 Å². The third kappa shape index (κ3) is 8.91. The minimum Gasteiger partial charge on any atom is -0.465 e. The lowest BCUT2D eigenvalue weighted by Gasteiger charge is -2.65. The molecule has 406 valence electrons. The molecule has 0 unspecified atom stereocenters. The summed E-state index contributed by atoms with van der Waals surface area (Å²) in [7, 11) is 0. The van der Waals surface area contributed by atoms with Gasteiger partial charge in [-0.15, -0.1) is 5.92 Å². The number of hydrogen-bond acceptors (Lipinski definition) is 12. The van der Waals surface area contributed by atoms with Gasteiger partial charge in [-0.05, 0) is 174 Å². The first kappa shape index (κ1) is 53.4. The number of allylic oxidation sites excluding steroid dienone is 3. The Balaban J connectivity index is 1.16. The standard InChI is InChI=1S/C59H85N5O10/c1-32-12-13-34-14-15-40-38(30-65)24-48(69)56(3,72)53-36(9-7-8-35(23-42(40)41(34)22-32)43-31-74-54(71)49(43)37-17-20-62-29-37)26-59(73)50-44(16-18-57(53,59)19-21-63-55(60)61)58(39-10-5-4-6-11-39)27-47(68)46(67)25-45(58)52(70)51(50)64-28-33(2)66/h14,17,20,29,32,35-36,38-49,53,62,64-65,67-69,72-73H,4-6,9-13,15-16,18-19,21-28,30-31H2,1-3H3,(H4,60,61,63)/t32-,35-,36-,38-,40-,41+,42+,43-,44-,45-,46+,47-,48+,49+,53+,56-,57-,58-,59+/m0/s1. The fourth-order valence-electron chi connectivity index (χ4n) is 18.6. The first-order chi connectivity index (χ1) is 35.4. The largest absolute Gasteiger partial charge is 0.465 e. The van der Waals surface area contributed by atoms with Crippen molar-refractivity contribution in [3.05, 3.63) is 46.9 Å². The van der Waals surface area contributed by atoms with Gasteiger partial charge in [-0.1, -0.05) is 43.8 Å². The fourth-order valence-corrected chi connectivity index (χ4v) is 18.6. The number of nitrogens with two attached hydrogens (primary N) is 2. The van der Waals surface area contributed by atoms with Gasteiger partial charge in [0.15, 0.2) is 11.7 Å². The molecule has 0 amide bonds. The monoisotopic (exact) mass is 1020 g/mol. The molecule has 0 bridgehead atoms. The number of hydrogen-bond donors (Lipinski definition) is 10. The van der Waals surface area contributed by atoms with Crippen molar-refractivity contribution in [2.45, 2.75) is 172 Å². The average Bonchev–Trinajstić information content (AvgIpc) is 4.10. The quantitative estimate of drug-likeness (QED) is 0.0490. The number of ketones is 2. The van der Waals surface area contributed by atoms with Gasteiger partial charge in [-0.25, -0.2) is 0 Å². The number of Topliss-reactive ketones (excluding diaryl/α,β-unsaturated/α-hetero) is 2. The van der Waals surface area contributed by atoms with Gasteiger partial charge in [0.25, 0.3) is 0 Å². The molecule has 15 nitrogen and oxygen atoms in total. The second kappa shape index (κ2) is 20.7. The molecule has 74 heavy (non-hydrogen) atoms. The normalized spacial score (nSPS) is 44.4. The van der Waals surface area contributed by atoms with Crippen LogP contribution in [0.1, 0.15) is 148 Å². The minimum absolute atomic E-state index is 0.0223. The molecule has 12 N–H and O–H groups in total. The van der Waals surface area contributed by atoms with Crippen molar-refractivity contribution >= 4 is 23.5 Å². The number of rotatable bonds is 10. The van der Waals surface area contributed by atoms with E-state index in [0.717, 1.165) is 56.9 Å². The van der Waals surface area contributed by atoms with Gasteiger partial charge in [-0.2, -0.15) is 0 Å². The summed E-state index contributed by atoms with van der Waals surface area (Å²) in [5, 5.41) is 79.2. The molecule has 10 rings (SSSR count). The molecule has 2 heterocycles. The van der Waals surface area contributed by atoms with Crippen molar-refractivity contribution in [1.29, 1.82) is 0 Å². The number of carbonyl (C=O) groups excluding carboxylic acids is 3. The summed E-state index contributed by atoms with van der Waals surface area (Å²) in [6.07, 6.45) is 13.2. The number of aliphatic hydroxyl groups is 6. The Morgan fingerprint density at radius 3 is 2.47 bits per heavy atom. The summed E-state index contributed by atoms with van der Waals surface area (Å²) >= 11 is 0. The molecule has 5 saturated carbocycles. The van der Waals surface area contributed by atoms with Gasteiger partial charge in [0.2, 0.25) is 0 Å². The van der Waals surface area contributed by atoms with Crippen molar-refractivity contribution in [2.75, 3.05) is 26.3 Å². The Kier molecular flexibility index (Phi) is 14.9. The highest BCUT2D eigenvalue weighted by atomic mass is 16.5. The summed E-state index contributed by atoms with van der Waals surface area (Å²) in [6, 6.07) is 1.93. The van der Waals surface area contributed by atoms with Gasteiger partial charge in [0, 0.05) is 61.1 Å². The third-order valence-electron chi connectivity index (χ3n) is 21.7. The van der Waals surface area contributed by atoms with E-state index in [1.165, 1.54) is 12.5 Å². The molecule has 0 spiro atoms. The highest BCUT2D eigenvalue weighted by Crippen LogP contribution is 2.74. The van der Waals surface area contributed by atoms with Crippen LogP contribution in [-0.4, -0.2) is 115 Å². The number of aromatic nitrogens is 1. The predicted octanol–water partition coefficient (Wildman–Crippen LogP) is 4.93. The van der Waals surface area contributed by atoms with E-state index in [0.29, 0.717) is 37.2 Å². The molecule has 9 aliphatic rings. The van der Waals surface area contributed by atoms with Crippen LogP contribution in [0.5, 0.6) is 0 Å². The molecule has 8 aliphatic carbocycles. The Labute approximate surface area is 437 Å². The Hall–Kier alpha value is -4.04. The van der Waals surface area contributed by atoms with Crippen molar-refractivity contribution in [1.82, 2.24) is 10.3 Å². The number of guanidine groups is 1. The molecule has 1 aromatic heterocycles. The zero-order chi connectivity index (χ0) is 52.5. The van der Waals surface area contributed by atoms with Crippen LogP contribution < -0.4 is 16.8 Å². The van der Waals surface area contributed by atoms with E-state index in [2.05, 4.69) is 40.1 Å². The number of carbonyl (C=O) groups is 3. The highest BCUT2D eigenvalue weighted by molar-refractivity contribution is 6.00. The van der Waals surface area contributed by atoms with Gasteiger partial charge in [-0.3, -0.25) is 19.4 Å². The van der Waals surface area contributed by atoms with Gasteiger partial charge in [0.1, 0.15) is 5.78 Å². The number of H-pyrrole nitrogens is 1. The Bertz CT molecular complexity index is 2430. The molecule has 6 fully saturated rings. The maximum absolute atomic E-state index is 15.7. The van der Waals surface area contributed by atoms with Crippen molar-refractivity contribution in [3.8, 4) is 11.8 Å². The van der Waals surface area contributed by atoms with E-state index < -0.39 is 75.9 Å². The van der Waals surface area contributed by atoms with Gasteiger partial charge in [0.05, 0.1) is 54.3 Å². The second-order valence-electron chi connectivity index (χ2n) is 25.4. The predicted molar refractivity (Wildman–Crippen MR) is 278 cm³/mol. The van der Waals surface area contributed by atoms with E-state index in [-0.39, 0.29) is 130 Å². The molecular formula is C59H85N5O10. The molecule has 1 aliphatic heterocycles.